The van der Waals surface area contributed by atoms with E-state index in [0.717, 1.165) is 82.9 Å². The highest BCUT2D eigenvalue weighted by molar-refractivity contribution is 5.91. The van der Waals surface area contributed by atoms with Crippen LogP contribution in [-0.2, 0) is 11.3 Å². The molecule has 0 N–H and O–H groups in total. The van der Waals surface area contributed by atoms with Gasteiger partial charge in [0.2, 0.25) is 5.91 Å². The number of nitrogens with zero attached hydrogens (tertiary/aromatic N) is 4. The highest BCUT2D eigenvalue weighted by Crippen LogP contribution is 2.29. The number of likely N-dealkylation sites (N-methyl/N-ethyl adjacent to an activating group) is 1. The molecule has 2 aromatic rings. The molecule has 5 rings (SSSR count). The monoisotopic (exact) mass is 474 g/mol. The van der Waals surface area contributed by atoms with Gasteiger partial charge in [-0.25, -0.2) is 0 Å². The van der Waals surface area contributed by atoms with Gasteiger partial charge < -0.3 is 14.5 Å². The number of ether oxygens (including phenoxy) is 1. The van der Waals surface area contributed by atoms with E-state index in [0.29, 0.717) is 5.91 Å². The van der Waals surface area contributed by atoms with Crippen molar-refractivity contribution in [2.75, 3.05) is 66.5 Å². The fraction of sp³-hybridized carbons (Fsp3) is 0.483. The maximum atomic E-state index is 13.2. The van der Waals surface area contributed by atoms with E-state index in [1.807, 2.05) is 0 Å². The largest absolute Gasteiger partial charge is 0.496 e. The third-order valence-electron chi connectivity index (χ3n) is 7.80. The SMILES string of the molecule is COc1ccc(CN2CCN(C(=O)C3CCN(CC4=CCN(C)C=C4)CC3)CC2)c2ccccc12. The third-order valence-corrected chi connectivity index (χ3v) is 7.80. The summed E-state index contributed by atoms with van der Waals surface area (Å²) < 4.78 is 5.55. The van der Waals surface area contributed by atoms with Crippen LogP contribution in [0.2, 0.25) is 0 Å². The van der Waals surface area contributed by atoms with Crippen LogP contribution in [0.25, 0.3) is 10.8 Å². The Kier molecular flexibility index (Phi) is 7.40. The predicted molar refractivity (Wildman–Crippen MR) is 141 cm³/mol. The zero-order valence-electron chi connectivity index (χ0n) is 21.2. The lowest BCUT2D eigenvalue weighted by molar-refractivity contribution is -0.138. The van der Waals surface area contributed by atoms with Gasteiger partial charge in [0.1, 0.15) is 5.75 Å². The lowest BCUT2D eigenvalue weighted by atomic mass is 9.94. The maximum Gasteiger partial charge on any atom is 0.225 e. The number of piperazine rings is 1. The summed E-state index contributed by atoms with van der Waals surface area (Å²) in [5.41, 5.74) is 2.72. The molecule has 35 heavy (non-hydrogen) atoms. The van der Waals surface area contributed by atoms with Crippen molar-refractivity contribution in [3.8, 4) is 5.75 Å². The van der Waals surface area contributed by atoms with Crippen molar-refractivity contribution in [1.29, 1.82) is 0 Å². The molecule has 0 bridgehead atoms. The molecule has 0 unspecified atom stereocenters. The average molecular weight is 475 g/mol. The second kappa shape index (κ2) is 10.8. The van der Waals surface area contributed by atoms with Gasteiger partial charge in [0.15, 0.2) is 0 Å². The van der Waals surface area contributed by atoms with Crippen molar-refractivity contribution in [1.82, 2.24) is 19.6 Å². The standard InChI is InChI=1S/C29H38N4O2/c1-30-13-9-23(10-14-30)21-31-15-11-24(12-16-31)29(34)33-19-17-32(18-20-33)22-25-7-8-28(35-2)27-6-4-3-5-26(25)27/h3-10,13,24H,11-12,14-22H2,1-2H3. The molecular weight excluding hydrogens is 436 g/mol. The summed E-state index contributed by atoms with van der Waals surface area (Å²) in [5.74, 6) is 1.48. The molecule has 3 aliphatic rings. The minimum atomic E-state index is 0.186. The number of hydrogen-bond donors (Lipinski definition) is 0. The van der Waals surface area contributed by atoms with Crippen LogP contribution in [-0.4, -0.2) is 92.0 Å². The van der Waals surface area contributed by atoms with E-state index >= 15 is 0 Å². The van der Waals surface area contributed by atoms with E-state index in [9.17, 15) is 4.79 Å². The molecule has 6 heteroatoms. The Hall–Kier alpha value is -2.83. The van der Waals surface area contributed by atoms with E-state index in [1.165, 1.54) is 16.5 Å². The fourth-order valence-corrected chi connectivity index (χ4v) is 5.60. The summed E-state index contributed by atoms with van der Waals surface area (Å²) in [7, 11) is 3.83. The summed E-state index contributed by atoms with van der Waals surface area (Å²) in [6.45, 7) is 8.46. The Morgan fingerprint density at radius 3 is 2.31 bits per heavy atom. The summed E-state index contributed by atoms with van der Waals surface area (Å²) >= 11 is 0. The van der Waals surface area contributed by atoms with Gasteiger partial charge in [-0.15, -0.1) is 0 Å². The number of piperidine rings is 1. The minimum Gasteiger partial charge on any atom is -0.496 e. The Morgan fingerprint density at radius 2 is 1.63 bits per heavy atom. The van der Waals surface area contributed by atoms with Gasteiger partial charge in [-0.1, -0.05) is 36.4 Å². The van der Waals surface area contributed by atoms with E-state index in [2.05, 4.69) is 81.4 Å². The van der Waals surface area contributed by atoms with Gasteiger partial charge in [-0.3, -0.25) is 14.6 Å². The summed E-state index contributed by atoms with van der Waals surface area (Å²) in [6, 6.07) is 12.7. The fourth-order valence-electron chi connectivity index (χ4n) is 5.60. The zero-order valence-corrected chi connectivity index (χ0v) is 21.2. The van der Waals surface area contributed by atoms with Crippen LogP contribution in [0.5, 0.6) is 5.75 Å². The van der Waals surface area contributed by atoms with Gasteiger partial charge >= 0.3 is 0 Å². The Morgan fingerprint density at radius 1 is 0.914 bits per heavy atom. The lowest BCUT2D eigenvalue weighted by Crippen LogP contribution is -2.51. The van der Waals surface area contributed by atoms with Gasteiger partial charge in [0, 0.05) is 64.2 Å². The van der Waals surface area contributed by atoms with Gasteiger partial charge in [-0.05, 0) is 60.8 Å². The van der Waals surface area contributed by atoms with Crippen LogP contribution in [0.15, 0.2) is 60.3 Å². The van der Waals surface area contributed by atoms with Crippen molar-refractivity contribution in [2.24, 2.45) is 5.92 Å². The Bertz CT molecular complexity index is 1100. The molecule has 2 fully saturated rings. The number of carbonyl (C=O) groups excluding carboxylic acids is 1. The molecule has 0 aliphatic carbocycles. The number of fused-ring (bicyclic) bond motifs is 1. The second-order valence-electron chi connectivity index (χ2n) is 10.2. The molecule has 186 valence electrons. The van der Waals surface area contributed by atoms with Gasteiger partial charge in [0.05, 0.1) is 7.11 Å². The zero-order chi connectivity index (χ0) is 24.2. The number of rotatable bonds is 6. The number of amides is 1. The normalized spacial score (nSPS) is 20.3. The van der Waals surface area contributed by atoms with Crippen LogP contribution in [0.3, 0.4) is 0 Å². The number of methoxy groups -OCH3 is 1. The number of hydrogen-bond acceptors (Lipinski definition) is 5. The smallest absolute Gasteiger partial charge is 0.225 e. The van der Waals surface area contributed by atoms with Crippen LogP contribution in [0.1, 0.15) is 18.4 Å². The molecule has 0 aromatic heterocycles. The first-order chi connectivity index (χ1) is 17.1. The Balaban J connectivity index is 1.10. The van der Waals surface area contributed by atoms with Crippen LogP contribution < -0.4 is 4.74 Å². The quantitative estimate of drug-likeness (QED) is 0.640. The average Bonchev–Trinajstić information content (AvgIpc) is 2.91. The maximum absolute atomic E-state index is 13.2. The van der Waals surface area contributed by atoms with Crippen molar-refractivity contribution in [2.45, 2.75) is 19.4 Å². The molecule has 6 nitrogen and oxygen atoms in total. The molecule has 0 atom stereocenters. The number of benzene rings is 2. The predicted octanol–water partition coefficient (Wildman–Crippen LogP) is 3.59. The van der Waals surface area contributed by atoms with Crippen molar-refractivity contribution in [3.63, 3.8) is 0 Å². The molecule has 0 spiro atoms. The molecular formula is C29H38N4O2. The van der Waals surface area contributed by atoms with E-state index in [1.54, 1.807) is 7.11 Å². The molecule has 0 radical (unpaired) electrons. The van der Waals surface area contributed by atoms with Crippen LogP contribution >= 0.6 is 0 Å². The molecule has 1 amide bonds. The van der Waals surface area contributed by atoms with Crippen LogP contribution in [0.4, 0.5) is 0 Å². The minimum absolute atomic E-state index is 0.186. The first-order valence-electron chi connectivity index (χ1n) is 13.0. The molecule has 0 saturated carbocycles. The number of likely N-dealkylation sites (tertiary alicyclic amines) is 1. The first kappa shape index (κ1) is 23.9. The lowest BCUT2D eigenvalue weighted by Gasteiger charge is -2.39. The number of carbonyl (C=O) groups is 1. The van der Waals surface area contributed by atoms with Gasteiger partial charge in [-0.2, -0.15) is 0 Å². The summed E-state index contributed by atoms with van der Waals surface area (Å²) in [6.07, 6.45) is 8.64. The van der Waals surface area contributed by atoms with Crippen molar-refractivity contribution < 1.29 is 9.53 Å². The van der Waals surface area contributed by atoms with Crippen LogP contribution in [0, 0.1) is 5.92 Å². The van der Waals surface area contributed by atoms with E-state index < -0.39 is 0 Å². The molecule has 3 aliphatic heterocycles. The third kappa shape index (κ3) is 5.54. The molecule has 2 aromatic carbocycles. The van der Waals surface area contributed by atoms with E-state index in [4.69, 9.17) is 4.74 Å². The van der Waals surface area contributed by atoms with Gasteiger partial charge in [0.25, 0.3) is 0 Å². The molecule has 3 heterocycles. The Labute approximate surface area is 209 Å². The van der Waals surface area contributed by atoms with Crippen molar-refractivity contribution >= 4 is 16.7 Å². The highest BCUT2D eigenvalue weighted by atomic mass is 16.5. The van der Waals surface area contributed by atoms with Crippen molar-refractivity contribution in [3.05, 3.63) is 65.9 Å². The second-order valence-corrected chi connectivity index (χ2v) is 10.2. The summed E-state index contributed by atoms with van der Waals surface area (Å²) in [4.78, 5) is 22.5. The topological polar surface area (TPSA) is 39.3 Å². The molecule has 2 saturated heterocycles. The summed E-state index contributed by atoms with van der Waals surface area (Å²) in [5, 5.41) is 2.42. The van der Waals surface area contributed by atoms with E-state index in [-0.39, 0.29) is 5.92 Å². The highest BCUT2D eigenvalue weighted by Gasteiger charge is 2.30. The first-order valence-corrected chi connectivity index (χ1v) is 13.0.